The summed E-state index contributed by atoms with van der Waals surface area (Å²) in [5.41, 5.74) is 8.78. The SMILES string of the molecule is CCCc1nn(C)c(NCc2cnc[nH]2)c1N. The minimum absolute atomic E-state index is 0.662. The molecule has 0 aliphatic rings. The molecule has 0 bridgehead atoms. The number of imidazole rings is 1. The largest absolute Gasteiger partial charge is 0.394 e. The Morgan fingerprint density at radius 3 is 3.00 bits per heavy atom. The molecule has 92 valence electrons. The fourth-order valence-corrected chi connectivity index (χ4v) is 1.79. The molecule has 2 aromatic heterocycles. The lowest BCUT2D eigenvalue weighted by atomic mass is 10.2. The van der Waals surface area contributed by atoms with Gasteiger partial charge in [-0.1, -0.05) is 13.3 Å². The minimum atomic E-state index is 0.662. The second-order valence-corrected chi connectivity index (χ2v) is 4.01. The Labute approximate surface area is 100 Å². The zero-order chi connectivity index (χ0) is 12.3. The molecule has 0 saturated carbocycles. The number of rotatable bonds is 5. The van der Waals surface area contributed by atoms with Gasteiger partial charge in [0.1, 0.15) is 5.82 Å². The van der Waals surface area contributed by atoms with Gasteiger partial charge in [0.15, 0.2) is 0 Å². The van der Waals surface area contributed by atoms with Crippen LogP contribution in [-0.2, 0) is 20.0 Å². The number of aromatic nitrogens is 4. The molecular formula is C11H18N6. The van der Waals surface area contributed by atoms with Crippen LogP contribution in [0.5, 0.6) is 0 Å². The van der Waals surface area contributed by atoms with Crippen LogP contribution in [0.2, 0.25) is 0 Å². The van der Waals surface area contributed by atoms with Crippen molar-refractivity contribution in [2.75, 3.05) is 11.1 Å². The van der Waals surface area contributed by atoms with E-state index in [1.807, 2.05) is 7.05 Å². The molecule has 0 atom stereocenters. The van der Waals surface area contributed by atoms with Gasteiger partial charge in [-0.25, -0.2) is 4.98 Å². The van der Waals surface area contributed by atoms with Crippen molar-refractivity contribution >= 4 is 11.5 Å². The zero-order valence-corrected chi connectivity index (χ0v) is 10.2. The number of H-pyrrole nitrogens is 1. The molecule has 0 radical (unpaired) electrons. The van der Waals surface area contributed by atoms with Crippen LogP contribution in [0.3, 0.4) is 0 Å². The maximum atomic E-state index is 6.06. The van der Waals surface area contributed by atoms with Crippen molar-refractivity contribution in [3.63, 3.8) is 0 Å². The summed E-state index contributed by atoms with van der Waals surface area (Å²) >= 11 is 0. The van der Waals surface area contributed by atoms with Crippen LogP contribution < -0.4 is 11.1 Å². The lowest BCUT2D eigenvalue weighted by molar-refractivity contribution is 0.734. The highest BCUT2D eigenvalue weighted by molar-refractivity contribution is 5.65. The van der Waals surface area contributed by atoms with Gasteiger partial charge in [-0.2, -0.15) is 5.10 Å². The van der Waals surface area contributed by atoms with Crippen LogP contribution in [0.15, 0.2) is 12.5 Å². The zero-order valence-electron chi connectivity index (χ0n) is 10.2. The Morgan fingerprint density at radius 1 is 1.53 bits per heavy atom. The first-order valence-corrected chi connectivity index (χ1v) is 5.74. The molecule has 0 fully saturated rings. The third-order valence-corrected chi connectivity index (χ3v) is 2.65. The molecule has 0 spiro atoms. The van der Waals surface area contributed by atoms with Crippen molar-refractivity contribution in [1.29, 1.82) is 0 Å². The van der Waals surface area contributed by atoms with E-state index in [0.717, 1.165) is 35.7 Å². The molecule has 2 heterocycles. The quantitative estimate of drug-likeness (QED) is 0.727. The van der Waals surface area contributed by atoms with Crippen molar-refractivity contribution < 1.29 is 0 Å². The highest BCUT2D eigenvalue weighted by Gasteiger charge is 2.12. The van der Waals surface area contributed by atoms with Crippen molar-refractivity contribution in [2.24, 2.45) is 7.05 Å². The van der Waals surface area contributed by atoms with Gasteiger partial charge in [0.2, 0.25) is 0 Å². The second kappa shape index (κ2) is 4.90. The van der Waals surface area contributed by atoms with Crippen LogP contribution in [0.1, 0.15) is 24.7 Å². The summed E-state index contributed by atoms with van der Waals surface area (Å²) < 4.78 is 1.79. The van der Waals surface area contributed by atoms with Gasteiger partial charge in [-0.3, -0.25) is 4.68 Å². The number of nitrogens with two attached hydrogens (primary N) is 1. The van der Waals surface area contributed by atoms with Crippen molar-refractivity contribution in [2.45, 2.75) is 26.3 Å². The number of anilines is 2. The molecule has 0 saturated heterocycles. The van der Waals surface area contributed by atoms with E-state index in [1.165, 1.54) is 0 Å². The molecule has 17 heavy (non-hydrogen) atoms. The summed E-state index contributed by atoms with van der Waals surface area (Å²) in [6.45, 7) is 2.78. The van der Waals surface area contributed by atoms with Crippen LogP contribution in [-0.4, -0.2) is 19.7 Å². The highest BCUT2D eigenvalue weighted by atomic mass is 15.3. The first-order valence-electron chi connectivity index (χ1n) is 5.74. The number of hydrogen-bond donors (Lipinski definition) is 3. The fraction of sp³-hybridized carbons (Fsp3) is 0.455. The molecule has 0 aliphatic heterocycles. The van der Waals surface area contributed by atoms with Gasteiger partial charge in [-0.15, -0.1) is 0 Å². The van der Waals surface area contributed by atoms with Gasteiger partial charge < -0.3 is 16.0 Å². The maximum Gasteiger partial charge on any atom is 0.148 e. The summed E-state index contributed by atoms with van der Waals surface area (Å²) in [5, 5.41) is 7.67. The van der Waals surface area contributed by atoms with Crippen molar-refractivity contribution in [3.05, 3.63) is 23.9 Å². The fourth-order valence-electron chi connectivity index (χ4n) is 1.79. The molecule has 6 nitrogen and oxygen atoms in total. The Balaban J connectivity index is 2.10. The molecule has 0 aliphatic carbocycles. The molecule has 0 aromatic carbocycles. The number of nitrogens with zero attached hydrogens (tertiary/aromatic N) is 3. The van der Waals surface area contributed by atoms with E-state index in [1.54, 1.807) is 17.2 Å². The third kappa shape index (κ3) is 2.41. The number of hydrogen-bond acceptors (Lipinski definition) is 4. The van der Waals surface area contributed by atoms with E-state index in [4.69, 9.17) is 5.73 Å². The lowest BCUT2D eigenvalue weighted by Crippen LogP contribution is -2.06. The smallest absolute Gasteiger partial charge is 0.148 e. The predicted molar refractivity (Wildman–Crippen MR) is 67.5 cm³/mol. The average molecular weight is 234 g/mol. The lowest BCUT2D eigenvalue weighted by Gasteiger charge is -2.05. The van der Waals surface area contributed by atoms with E-state index in [9.17, 15) is 0 Å². The Kier molecular flexibility index (Phi) is 3.32. The van der Waals surface area contributed by atoms with E-state index < -0.39 is 0 Å². The second-order valence-electron chi connectivity index (χ2n) is 4.01. The predicted octanol–water partition coefficient (Wildman–Crippen LogP) is 1.29. The van der Waals surface area contributed by atoms with E-state index in [2.05, 4.69) is 27.3 Å². The maximum absolute atomic E-state index is 6.06. The first kappa shape index (κ1) is 11.5. The molecule has 0 unspecified atom stereocenters. The van der Waals surface area contributed by atoms with Crippen molar-refractivity contribution in [3.8, 4) is 0 Å². The first-order chi connectivity index (χ1) is 8.22. The van der Waals surface area contributed by atoms with Crippen LogP contribution in [0.25, 0.3) is 0 Å². The normalized spacial score (nSPS) is 10.7. The molecule has 2 rings (SSSR count). The summed E-state index contributed by atoms with van der Waals surface area (Å²) in [4.78, 5) is 7.00. The molecular weight excluding hydrogens is 216 g/mol. The Morgan fingerprint density at radius 2 is 2.35 bits per heavy atom. The molecule has 2 aromatic rings. The van der Waals surface area contributed by atoms with E-state index in [-0.39, 0.29) is 0 Å². The van der Waals surface area contributed by atoms with Gasteiger partial charge in [-0.05, 0) is 6.42 Å². The van der Waals surface area contributed by atoms with Gasteiger partial charge in [0.25, 0.3) is 0 Å². The van der Waals surface area contributed by atoms with Crippen LogP contribution >= 0.6 is 0 Å². The summed E-state index contributed by atoms with van der Waals surface area (Å²) in [7, 11) is 1.89. The topological polar surface area (TPSA) is 84.5 Å². The standard InChI is InChI=1S/C11H18N6/c1-3-4-9-10(12)11(17(2)16-9)14-6-8-5-13-7-15-8/h5,7,14H,3-4,6,12H2,1-2H3,(H,13,15). The summed E-state index contributed by atoms with van der Waals surface area (Å²) in [6.07, 6.45) is 5.39. The van der Waals surface area contributed by atoms with Crippen LogP contribution in [0, 0.1) is 0 Å². The van der Waals surface area contributed by atoms with Gasteiger partial charge >= 0.3 is 0 Å². The average Bonchev–Trinajstić information content (AvgIpc) is 2.88. The minimum Gasteiger partial charge on any atom is -0.394 e. The number of nitrogens with one attached hydrogen (secondary N) is 2. The van der Waals surface area contributed by atoms with Crippen LogP contribution in [0.4, 0.5) is 11.5 Å². The molecule has 4 N–H and O–H groups in total. The van der Waals surface area contributed by atoms with E-state index in [0.29, 0.717) is 6.54 Å². The summed E-state index contributed by atoms with van der Waals surface area (Å²) in [6, 6.07) is 0. The third-order valence-electron chi connectivity index (χ3n) is 2.65. The summed E-state index contributed by atoms with van der Waals surface area (Å²) in [5.74, 6) is 0.864. The van der Waals surface area contributed by atoms with Gasteiger partial charge in [0.05, 0.1) is 29.9 Å². The highest BCUT2D eigenvalue weighted by Crippen LogP contribution is 2.23. The van der Waals surface area contributed by atoms with E-state index >= 15 is 0 Å². The molecule has 6 heteroatoms. The monoisotopic (exact) mass is 234 g/mol. The van der Waals surface area contributed by atoms with Gasteiger partial charge in [0, 0.05) is 13.2 Å². The number of aryl methyl sites for hydroxylation is 2. The Hall–Kier alpha value is -1.98. The number of nitrogen functional groups attached to an aromatic ring is 1. The molecule has 0 amide bonds. The number of aromatic amines is 1. The Bertz CT molecular complexity index is 470. The van der Waals surface area contributed by atoms with Crippen molar-refractivity contribution in [1.82, 2.24) is 19.7 Å².